The highest BCUT2D eigenvalue weighted by Crippen LogP contribution is 2.48. The van der Waals surface area contributed by atoms with Gasteiger partial charge in [0.15, 0.2) is 0 Å². The summed E-state index contributed by atoms with van der Waals surface area (Å²) in [5, 5.41) is 18.3. The molecule has 7 nitrogen and oxygen atoms in total. The number of hydrogen-bond donors (Lipinski definition) is 1. The summed E-state index contributed by atoms with van der Waals surface area (Å²) in [5.74, 6) is -4.49. The third-order valence-corrected chi connectivity index (χ3v) is 7.92. The molecule has 3 aromatic carbocycles. The van der Waals surface area contributed by atoms with Crippen molar-refractivity contribution >= 4 is 17.0 Å². The minimum atomic E-state index is -1.48. The van der Waals surface area contributed by atoms with Crippen LogP contribution in [0.15, 0.2) is 60.7 Å². The number of nitriles is 1. The summed E-state index contributed by atoms with van der Waals surface area (Å²) in [6.45, 7) is -0.730. The predicted octanol–water partition coefficient (Wildman–Crippen LogP) is 7.14. The summed E-state index contributed by atoms with van der Waals surface area (Å²) in [4.78, 5) is 20.2. The number of ether oxygens (including phenoxy) is 1. The molecule has 1 saturated carbocycles. The Morgan fingerprint density at radius 2 is 1.73 bits per heavy atom. The van der Waals surface area contributed by atoms with E-state index < -0.39 is 46.9 Å². The van der Waals surface area contributed by atoms with Crippen molar-refractivity contribution in [3.8, 4) is 23.2 Å². The largest absolute Gasteiger partial charge is 0.478 e. The van der Waals surface area contributed by atoms with Gasteiger partial charge in [-0.15, -0.1) is 0 Å². The molecule has 1 N–H and O–H groups in total. The molecule has 1 aliphatic rings. The topological polar surface area (TPSA) is 101 Å². The molecule has 0 unspecified atom stereocenters. The fraction of sp³-hybridized carbons (Fsp3) is 0.212. The number of imidazole rings is 1. The first kappa shape index (κ1) is 29.7. The minimum absolute atomic E-state index is 0.0312. The zero-order valence-corrected chi connectivity index (χ0v) is 23.5. The summed E-state index contributed by atoms with van der Waals surface area (Å²) in [6, 6.07) is 14.2. The van der Waals surface area contributed by atoms with Crippen molar-refractivity contribution in [1.82, 2.24) is 14.5 Å². The van der Waals surface area contributed by atoms with E-state index in [0.29, 0.717) is 12.8 Å². The van der Waals surface area contributed by atoms with Crippen LogP contribution in [0.2, 0.25) is 0 Å². The molecule has 2 heterocycles. The van der Waals surface area contributed by atoms with Crippen LogP contribution in [0.25, 0.3) is 22.3 Å². The van der Waals surface area contributed by atoms with Crippen molar-refractivity contribution in [2.75, 3.05) is 6.67 Å². The number of pyridine rings is 1. The Hall–Kier alpha value is -5.31. The zero-order valence-electron chi connectivity index (χ0n) is 23.5. The van der Waals surface area contributed by atoms with Gasteiger partial charge in [0.25, 0.3) is 0 Å². The summed E-state index contributed by atoms with van der Waals surface area (Å²) in [5.41, 5.74) is -0.760. The third-order valence-electron chi connectivity index (χ3n) is 7.92. The van der Waals surface area contributed by atoms with Gasteiger partial charge < -0.3 is 14.4 Å². The second-order valence-corrected chi connectivity index (χ2v) is 11.0. The van der Waals surface area contributed by atoms with Crippen LogP contribution < -0.4 is 4.74 Å². The maximum absolute atomic E-state index is 15.5. The Morgan fingerprint density at radius 1 is 0.956 bits per heavy atom. The Kier molecular flexibility index (Phi) is 7.70. The van der Waals surface area contributed by atoms with Gasteiger partial charge in [-0.1, -0.05) is 12.1 Å². The van der Waals surface area contributed by atoms with Gasteiger partial charge in [0.1, 0.15) is 35.7 Å². The number of aromatic nitrogens is 3. The molecular weight excluding hydrogens is 595 g/mol. The Bertz CT molecular complexity index is 2020. The van der Waals surface area contributed by atoms with E-state index in [1.54, 1.807) is 4.57 Å². The van der Waals surface area contributed by atoms with E-state index in [1.165, 1.54) is 30.3 Å². The molecule has 0 radical (unpaired) electrons. The Morgan fingerprint density at radius 3 is 2.42 bits per heavy atom. The quantitative estimate of drug-likeness (QED) is 0.167. The number of nitrogens with zero attached hydrogens (tertiary/aromatic N) is 4. The second kappa shape index (κ2) is 11.6. The van der Waals surface area contributed by atoms with Crippen LogP contribution in [0.1, 0.15) is 45.7 Å². The number of alkyl halides is 1. The summed E-state index contributed by atoms with van der Waals surface area (Å²) >= 11 is 0. The van der Waals surface area contributed by atoms with E-state index in [2.05, 4.69) is 9.97 Å². The molecule has 0 atom stereocenters. The van der Waals surface area contributed by atoms with Crippen molar-refractivity contribution < 1.29 is 36.6 Å². The maximum Gasteiger partial charge on any atom is 0.338 e. The van der Waals surface area contributed by atoms with E-state index in [0.717, 1.165) is 30.3 Å². The molecular formula is C33H23F5N4O3. The van der Waals surface area contributed by atoms with Crippen molar-refractivity contribution in [3.63, 3.8) is 0 Å². The van der Waals surface area contributed by atoms with Gasteiger partial charge in [-0.2, -0.15) is 5.26 Å². The van der Waals surface area contributed by atoms with Crippen LogP contribution in [0.4, 0.5) is 22.0 Å². The number of rotatable bonds is 10. The van der Waals surface area contributed by atoms with E-state index in [4.69, 9.17) is 10.00 Å². The molecule has 1 aliphatic carbocycles. The van der Waals surface area contributed by atoms with Crippen LogP contribution in [0.3, 0.4) is 0 Å². The zero-order chi connectivity index (χ0) is 31.9. The number of carboxylic acids is 1. The van der Waals surface area contributed by atoms with E-state index >= 15 is 8.78 Å². The number of aromatic carboxylic acids is 1. The fourth-order valence-electron chi connectivity index (χ4n) is 5.14. The molecule has 0 spiro atoms. The van der Waals surface area contributed by atoms with Gasteiger partial charge in [0.05, 0.1) is 40.6 Å². The van der Waals surface area contributed by atoms with Crippen molar-refractivity contribution in [3.05, 3.63) is 112 Å². The number of carbonyl (C=O) groups is 1. The molecule has 45 heavy (non-hydrogen) atoms. The fourth-order valence-corrected chi connectivity index (χ4v) is 5.14. The predicted molar refractivity (Wildman–Crippen MR) is 152 cm³/mol. The molecule has 0 bridgehead atoms. The summed E-state index contributed by atoms with van der Waals surface area (Å²) < 4.78 is 80.6. The Balaban J connectivity index is 1.29. The van der Waals surface area contributed by atoms with Crippen LogP contribution in [-0.4, -0.2) is 32.3 Å². The molecule has 2 aromatic heterocycles. The molecule has 228 valence electrons. The van der Waals surface area contributed by atoms with Gasteiger partial charge in [0.2, 0.25) is 5.88 Å². The Labute approximate surface area is 253 Å². The molecule has 0 saturated heterocycles. The number of hydrogen-bond acceptors (Lipinski definition) is 5. The first-order valence-corrected chi connectivity index (χ1v) is 13.8. The van der Waals surface area contributed by atoms with Gasteiger partial charge in [-0.05, 0) is 54.8 Å². The van der Waals surface area contributed by atoms with Gasteiger partial charge >= 0.3 is 5.97 Å². The van der Waals surface area contributed by atoms with Crippen molar-refractivity contribution in [2.45, 2.75) is 32.4 Å². The monoisotopic (exact) mass is 618 g/mol. The van der Waals surface area contributed by atoms with E-state index in [1.807, 2.05) is 6.07 Å². The first-order valence-electron chi connectivity index (χ1n) is 13.8. The van der Waals surface area contributed by atoms with Crippen molar-refractivity contribution in [2.24, 2.45) is 5.41 Å². The van der Waals surface area contributed by atoms with Crippen LogP contribution in [0.5, 0.6) is 5.88 Å². The van der Waals surface area contributed by atoms with Gasteiger partial charge in [-0.3, -0.25) is 4.39 Å². The van der Waals surface area contributed by atoms with Crippen LogP contribution in [-0.2, 0) is 19.6 Å². The smallest absolute Gasteiger partial charge is 0.338 e. The summed E-state index contributed by atoms with van der Waals surface area (Å²) in [7, 11) is 0. The van der Waals surface area contributed by atoms with Crippen LogP contribution >= 0.6 is 0 Å². The lowest BCUT2D eigenvalue weighted by Gasteiger charge is -2.16. The number of fused-ring (bicyclic) bond motifs is 1. The second-order valence-electron chi connectivity index (χ2n) is 11.0. The third kappa shape index (κ3) is 5.93. The highest BCUT2D eigenvalue weighted by molar-refractivity contribution is 5.93. The van der Waals surface area contributed by atoms with E-state index in [9.17, 15) is 23.1 Å². The molecule has 12 heteroatoms. The number of halogens is 5. The lowest BCUT2D eigenvalue weighted by atomic mass is 10.0. The van der Waals surface area contributed by atoms with E-state index in [-0.39, 0.29) is 70.3 Å². The number of benzene rings is 3. The van der Waals surface area contributed by atoms with Crippen molar-refractivity contribution in [1.29, 1.82) is 5.26 Å². The average molecular weight is 619 g/mol. The standard InChI is InChI=1S/C33H23F5N4O3/c34-16-33(6-7-33)17-42-29-12-22(32(43)44)26(38)13-28(29)40-30(42)10-20-9-25(37)21(11-24(20)36)27-2-1-3-31(41-27)45-15-19-5-4-18(14-39)8-23(19)35/h1-5,8-9,11-13H,6-7,10,15-17H2,(H,43,44). The molecule has 5 aromatic rings. The maximum atomic E-state index is 15.5. The molecule has 0 amide bonds. The molecule has 0 aliphatic heterocycles. The lowest BCUT2D eigenvalue weighted by Crippen LogP contribution is -2.16. The molecule has 1 fully saturated rings. The SMILES string of the molecule is N#Cc1ccc(COc2cccc(-c3cc(F)c(Cc4nc5cc(F)c(C(=O)O)cc5n4CC4(CF)CC4)cc3F)n2)c(F)c1. The number of carboxylic acid groups (broad SMARTS) is 1. The first-order chi connectivity index (χ1) is 21.6. The molecule has 6 rings (SSSR count). The van der Waals surface area contributed by atoms with Crippen LogP contribution in [0, 0.1) is 40.0 Å². The minimum Gasteiger partial charge on any atom is -0.478 e. The average Bonchev–Trinajstić information content (AvgIpc) is 3.73. The van der Waals surface area contributed by atoms with Gasteiger partial charge in [0, 0.05) is 41.6 Å². The summed E-state index contributed by atoms with van der Waals surface area (Å²) in [6.07, 6.45) is 0.938. The lowest BCUT2D eigenvalue weighted by molar-refractivity contribution is 0.0692. The highest BCUT2D eigenvalue weighted by atomic mass is 19.1. The highest BCUT2D eigenvalue weighted by Gasteiger charge is 2.44. The normalized spacial score (nSPS) is 13.5. The van der Waals surface area contributed by atoms with Gasteiger partial charge in [-0.25, -0.2) is 32.3 Å².